The van der Waals surface area contributed by atoms with E-state index in [2.05, 4.69) is 21.2 Å². The van der Waals surface area contributed by atoms with Crippen LogP contribution in [0.1, 0.15) is 6.92 Å². The third kappa shape index (κ3) is 4.56. The van der Waals surface area contributed by atoms with E-state index < -0.39 is 0 Å². The van der Waals surface area contributed by atoms with Crippen molar-refractivity contribution >= 4 is 33.2 Å². The quantitative estimate of drug-likeness (QED) is 0.887. The van der Waals surface area contributed by atoms with Gasteiger partial charge in [-0.1, -0.05) is 22.0 Å². The van der Waals surface area contributed by atoms with Gasteiger partial charge in [0, 0.05) is 35.9 Å². The maximum Gasteiger partial charge on any atom is 0.216 e. The van der Waals surface area contributed by atoms with Gasteiger partial charge >= 0.3 is 0 Å². The Morgan fingerprint density at radius 3 is 2.52 bits per heavy atom. The van der Waals surface area contributed by atoms with Crippen molar-refractivity contribution in [3.63, 3.8) is 0 Å². The zero-order valence-electron chi connectivity index (χ0n) is 11.6. The molecule has 5 heteroatoms. The molecule has 0 aromatic heterocycles. The molecule has 0 saturated carbocycles. The van der Waals surface area contributed by atoms with E-state index >= 15 is 0 Å². The maximum atomic E-state index is 13.1. The molecule has 21 heavy (non-hydrogen) atoms. The number of amides is 1. The summed E-state index contributed by atoms with van der Waals surface area (Å²) in [5, 5.41) is 2.78. The predicted octanol–water partition coefficient (Wildman–Crippen LogP) is 3.86. The van der Waals surface area contributed by atoms with Crippen molar-refractivity contribution in [2.24, 2.45) is 0 Å². The molecule has 0 saturated heterocycles. The molecule has 0 aliphatic rings. The standard InChI is InChI=1S/C16H16BrFN2O/c1-12(21)19-9-10-20(15-7-5-14(18)6-8-15)16-4-2-3-13(17)11-16/h2-8,11H,9-10H2,1H3,(H,19,21). The summed E-state index contributed by atoms with van der Waals surface area (Å²) in [6.45, 7) is 2.60. The van der Waals surface area contributed by atoms with Crippen LogP contribution in [-0.2, 0) is 4.79 Å². The van der Waals surface area contributed by atoms with Crippen molar-refractivity contribution in [2.75, 3.05) is 18.0 Å². The molecule has 0 atom stereocenters. The van der Waals surface area contributed by atoms with Crippen LogP contribution in [0, 0.1) is 5.82 Å². The molecule has 0 unspecified atom stereocenters. The summed E-state index contributed by atoms with van der Waals surface area (Å²) in [5.74, 6) is -0.335. The van der Waals surface area contributed by atoms with Gasteiger partial charge in [0.2, 0.25) is 5.91 Å². The van der Waals surface area contributed by atoms with Gasteiger partial charge in [-0.3, -0.25) is 4.79 Å². The number of carbonyl (C=O) groups is 1. The van der Waals surface area contributed by atoms with E-state index in [1.165, 1.54) is 19.1 Å². The van der Waals surface area contributed by atoms with Gasteiger partial charge in [0.15, 0.2) is 0 Å². The largest absolute Gasteiger partial charge is 0.355 e. The molecule has 1 N–H and O–H groups in total. The molecule has 1 amide bonds. The fraction of sp³-hybridized carbons (Fsp3) is 0.188. The van der Waals surface area contributed by atoms with Gasteiger partial charge < -0.3 is 10.2 Å². The number of rotatable bonds is 5. The first-order valence-corrected chi connectivity index (χ1v) is 7.38. The Morgan fingerprint density at radius 2 is 1.90 bits per heavy atom. The van der Waals surface area contributed by atoms with Gasteiger partial charge in [-0.2, -0.15) is 0 Å². The lowest BCUT2D eigenvalue weighted by Crippen LogP contribution is -2.31. The van der Waals surface area contributed by atoms with Crippen molar-refractivity contribution in [3.05, 3.63) is 58.8 Å². The monoisotopic (exact) mass is 350 g/mol. The SMILES string of the molecule is CC(=O)NCCN(c1ccc(F)cc1)c1cccc(Br)c1. The van der Waals surface area contributed by atoms with Crippen LogP contribution in [0.15, 0.2) is 53.0 Å². The lowest BCUT2D eigenvalue weighted by atomic mass is 10.2. The highest BCUT2D eigenvalue weighted by Crippen LogP contribution is 2.27. The number of hydrogen-bond donors (Lipinski definition) is 1. The van der Waals surface area contributed by atoms with Gasteiger partial charge in [0.25, 0.3) is 0 Å². The van der Waals surface area contributed by atoms with Gasteiger partial charge in [-0.25, -0.2) is 4.39 Å². The van der Waals surface area contributed by atoms with E-state index in [1.54, 1.807) is 12.1 Å². The topological polar surface area (TPSA) is 32.3 Å². The molecule has 0 fully saturated rings. The number of halogens is 2. The number of nitrogens with one attached hydrogen (secondary N) is 1. The zero-order chi connectivity index (χ0) is 15.2. The highest BCUT2D eigenvalue weighted by Gasteiger charge is 2.10. The Labute approximate surface area is 131 Å². The fourth-order valence-corrected chi connectivity index (χ4v) is 2.40. The minimum Gasteiger partial charge on any atom is -0.355 e. The molecule has 2 rings (SSSR count). The van der Waals surface area contributed by atoms with Crippen LogP contribution in [0.3, 0.4) is 0 Å². The van der Waals surface area contributed by atoms with Crippen molar-refractivity contribution in [1.82, 2.24) is 5.32 Å². The Kier molecular flexibility index (Phi) is 5.33. The highest BCUT2D eigenvalue weighted by molar-refractivity contribution is 9.10. The lowest BCUT2D eigenvalue weighted by Gasteiger charge is -2.25. The van der Waals surface area contributed by atoms with Gasteiger partial charge in [-0.15, -0.1) is 0 Å². The van der Waals surface area contributed by atoms with E-state index in [1.807, 2.05) is 29.2 Å². The average Bonchev–Trinajstić information content (AvgIpc) is 2.44. The molecule has 0 aliphatic heterocycles. The minimum atomic E-state index is -0.269. The fourth-order valence-electron chi connectivity index (χ4n) is 2.02. The van der Waals surface area contributed by atoms with Crippen LogP contribution in [0.5, 0.6) is 0 Å². The van der Waals surface area contributed by atoms with Gasteiger partial charge in [0.05, 0.1) is 0 Å². The maximum absolute atomic E-state index is 13.1. The predicted molar refractivity (Wildman–Crippen MR) is 86.2 cm³/mol. The van der Waals surface area contributed by atoms with Gasteiger partial charge in [0.1, 0.15) is 5.82 Å². The van der Waals surface area contributed by atoms with E-state index in [0.717, 1.165) is 15.8 Å². The van der Waals surface area contributed by atoms with Gasteiger partial charge in [-0.05, 0) is 42.5 Å². The average molecular weight is 351 g/mol. The third-order valence-corrected chi connectivity index (χ3v) is 3.46. The molecule has 110 valence electrons. The number of nitrogens with zero attached hydrogens (tertiary/aromatic N) is 1. The first kappa shape index (κ1) is 15.5. The van der Waals surface area contributed by atoms with E-state index in [-0.39, 0.29) is 11.7 Å². The van der Waals surface area contributed by atoms with Crippen LogP contribution in [0.25, 0.3) is 0 Å². The summed E-state index contributed by atoms with van der Waals surface area (Å²) in [6.07, 6.45) is 0. The van der Waals surface area contributed by atoms with Crippen molar-refractivity contribution in [3.8, 4) is 0 Å². The number of benzene rings is 2. The van der Waals surface area contributed by atoms with Crippen molar-refractivity contribution in [2.45, 2.75) is 6.92 Å². The van der Waals surface area contributed by atoms with Crippen molar-refractivity contribution < 1.29 is 9.18 Å². The molecule has 0 radical (unpaired) electrons. The Bertz CT molecular complexity index is 616. The van der Waals surface area contributed by atoms with Crippen LogP contribution < -0.4 is 10.2 Å². The second-order valence-electron chi connectivity index (χ2n) is 4.59. The highest BCUT2D eigenvalue weighted by atomic mass is 79.9. The van der Waals surface area contributed by atoms with Crippen LogP contribution in [0.2, 0.25) is 0 Å². The van der Waals surface area contributed by atoms with Crippen molar-refractivity contribution in [1.29, 1.82) is 0 Å². The molecule has 0 bridgehead atoms. The number of hydrogen-bond acceptors (Lipinski definition) is 2. The Balaban J connectivity index is 2.25. The lowest BCUT2D eigenvalue weighted by molar-refractivity contribution is -0.118. The molecule has 2 aromatic carbocycles. The zero-order valence-corrected chi connectivity index (χ0v) is 13.2. The second-order valence-corrected chi connectivity index (χ2v) is 5.51. The summed E-state index contributed by atoms with van der Waals surface area (Å²) in [5.41, 5.74) is 1.85. The number of anilines is 2. The summed E-state index contributed by atoms with van der Waals surface area (Å²) in [6, 6.07) is 14.2. The van der Waals surface area contributed by atoms with Crippen LogP contribution in [0.4, 0.5) is 15.8 Å². The molecule has 0 heterocycles. The molecule has 0 aliphatic carbocycles. The molecule has 2 aromatic rings. The Morgan fingerprint density at radius 1 is 1.19 bits per heavy atom. The van der Waals surface area contributed by atoms with E-state index in [4.69, 9.17) is 0 Å². The summed E-state index contributed by atoms with van der Waals surface area (Å²) < 4.78 is 14.1. The normalized spacial score (nSPS) is 10.2. The van der Waals surface area contributed by atoms with Crippen LogP contribution >= 0.6 is 15.9 Å². The third-order valence-electron chi connectivity index (χ3n) is 2.97. The smallest absolute Gasteiger partial charge is 0.216 e. The molecular formula is C16H16BrFN2O. The van der Waals surface area contributed by atoms with E-state index in [0.29, 0.717) is 13.1 Å². The molecule has 3 nitrogen and oxygen atoms in total. The first-order chi connectivity index (χ1) is 10.1. The summed E-state index contributed by atoms with van der Waals surface area (Å²) in [7, 11) is 0. The minimum absolute atomic E-state index is 0.0664. The Hall–Kier alpha value is -1.88. The molecular weight excluding hydrogens is 335 g/mol. The summed E-state index contributed by atoms with van der Waals surface area (Å²) in [4.78, 5) is 13.0. The van der Waals surface area contributed by atoms with E-state index in [9.17, 15) is 9.18 Å². The summed E-state index contributed by atoms with van der Waals surface area (Å²) >= 11 is 3.45. The van der Waals surface area contributed by atoms with Crippen LogP contribution in [-0.4, -0.2) is 19.0 Å². The molecule has 0 spiro atoms. The second kappa shape index (κ2) is 7.22. The first-order valence-electron chi connectivity index (χ1n) is 6.59. The number of carbonyl (C=O) groups excluding carboxylic acids is 1.